The fraction of sp³-hybridized carbons (Fsp3) is 0.167. The normalized spacial score (nSPS) is 10.2. The van der Waals surface area contributed by atoms with Gasteiger partial charge in [0.2, 0.25) is 0 Å². The van der Waals surface area contributed by atoms with Crippen LogP contribution >= 0.6 is 0 Å². The summed E-state index contributed by atoms with van der Waals surface area (Å²) in [4.78, 5) is 17.3. The van der Waals surface area contributed by atoms with E-state index in [9.17, 15) is 4.79 Å². The summed E-state index contributed by atoms with van der Waals surface area (Å²) in [5, 5.41) is 3.21. The van der Waals surface area contributed by atoms with E-state index in [4.69, 9.17) is 5.73 Å². The van der Waals surface area contributed by atoms with Crippen molar-refractivity contribution in [3.8, 4) is 0 Å². The predicted molar refractivity (Wildman–Crippen MR) is 67.2 cm³/mol. The molecule has 5 nitrogen and oxygen atoms in total. The number of hydrogen-bond acceptors (Lipinski definition) is 4. The van der Waals surface area contributed by atoms with Gasteiger partial charge in [0, 0.05) is 17.9 Å². The molecule has 17 heavy (non-hydrogen) atoms. The smallest absolute Gasteiger partial charge is 0.345 e. The first-order valence-electron chi connectivity index (χ1n) is 5.31. The molecule has 0 radical (unpaired) electrons. The summed E-state index contributed by atoms with van der Waals surface area (Å²) in [6, 6.07) is 7.75. The minimum atomic E-state index is -0.347. The molecule has 0 unspecified atom stereocenters. The lowest BCUT2D eigenvalue weighted by Gasteiger charge is -2.11. The number of benzene rings is 1. The number of aromatic amines is 1. The fourth-order valence-corrected chi connectivity index (χ4v) is 1.57. The first-order chi connectivity index (χ1) is 8.20. The molecule has 0 atom stereocenters. The van der Waals surface area contributed by atoms with Crippen molar-refractivity contribution < 1.29 is 0 Å². The van der Waals surface area contributed by atoms with Crippen LogP contribution in [0.1, 0.15) is 11.3 Å². The van der Waals surface area contributed by atoms with Crippen molar-refractivity contribution in [2.75, 3.05) is 5.32 Å². The first-order valence-corrected chi connectivity index (χ1v) is 5.31. The highest BCUT2D eigenvalue weighted by molar-refractivity contribution is 5.63. The van der Waals surface area contributed by atoms with Gasteiger partial charge in [0.05, 0.1) is 11.9 Å². The average Bonchev–Trinajstić information content (AvgIpc) is 2.33. The molecular formula is C12H14N4O. The number of aromatic nitrogens is 2. The van der Waals surface area contributed by atoms with Gasteiger partial charge in [-0.25, -0.2) is 4.79 Å². The van der Waals surface area contributed by atoms with Gasteiger partial charge >= 0.3 is 5.69 Å². The van der Waals surface area contributed by atoms with Gasteiger partial charge in [-0.3, -0.25) is 0 Å². The van der Waals surface area contributed by atoms with Gasteiger partial charge in [-0.2, -0.15) is 4.98 Å². The Labute approximate surface area is 98.7 Å². The van der Waals surface area contributed by atoms with E-state index in [0.717, 1.165) is 22.6 Å². The van der Waals surface area contributed by atoms with Crippen molar-refractivity contribution >= 4 is 11.4 Å². The van der Waals surface area contributed by atoms with Gasteiger partial charge in [0.1, 0.15) is 0 Å². The van der Waals surface area contributed by atoms with Gasteiger partial charge in [0.25, 0.3) is 0 Å². The number of nitrogens with two attached hydrogens (primary N) is 1. The van der Waals surface area contributed by atoms with Crippen LogP contribution < -0.4 is 16.7 Å². The number of anilines is 2. The number of H-pyrrole nitrogens is 1. The Morgan fingerprint density at radius 1 is 1.35 bits per heavy atom. The summed E-state index contributed by atoms with van der Waals surface area (Å²) >= 11 is 0. The van der Waals surface area contributed by atoms with E-state index in [1.165, 1.54) is 6.20 Å². The Kier molecular flexibility index (Phi) is 3.20. The van der Waals surface area contributed by atoms with Gasteiger partial charge < -0.3 is 16.0 Å². The summed E-state index contributed by atoms with van der Waals surface area (Å²) in [6.07, 6.45) is 1.52. The molecule has 0 saturated heterocycles. The lowest BCUT2D eigenvalue weighted by Crippen LogP contribution is -2.12. The Morgan fingerprint density at radius 3 is 2.82 bits per heavy atom. The highest BCUT2D eigenvalue weighted by atomic mass is 16.1. The number of nitrogens with zero attached hydrogens (tertiary/aromatic N) is 1. The molecule has 0 aliphatic rings. The largest absolute Gasteiger partial charge is 0.353 e. The van der Waals surface area contributed by atoms with Crippen LogP contribution in [0.2, 0.25) is 0 Å². The van der Waals surface area contributed by atoms with Crippen LogP contribution in [0.4, 0.5) is 11.4 Å². The van der Waals surface area contributed by atoms with Crippen molar-refractivity contribution in [2.45, 2.75) is 13.5 Å². The molecule has 1 heterocycles. The number of aryl methyl sites for hydroxylation is 1. The maximum Gasteiger partial charge on any atom is 0.345 e. The Bertz CT molecular complexity index is 577. The fourth-order valence-electron chi connectivity index (χ4n) is 1.57. The molecule has 1 aromatic heterocycles. The van der Waals surface area contributed by atoms with Gasteiger partial charge in [-0.05, 0) is 18.6 Å². The van der Waals surface area contributed by atoms with Crippen molar-refractivity contribution in [1.82, 2.24) is 9.97 Å². The Balaban J connectivity index is 2.34. The summed E-state index contributed by atoms with van der Waals surface area (Å²) in [5.41, 5.74) is 8.76. The van der Waals surface area contributed by atoms with E-state index < -0.39 is 0 Å². The third-order valence-electron chi connectivity index (χ3n) is 2.52. The molecule has 1 aromatic carbocycles. The van der Waals surface area contributed by atoms with Crippen LogP contribution in [0.25, 0.3) is 0 Å². The van der Waals surface area contributed by atoms with E-state index in [2.05, 4.69) is 15.3 Å². The second kappa shape index (κ2) is 4.80. The summed E-state index contributed by atoms with van der Waals surface area (Å²) < 4.78 is 0. The van der Waals surface area contributed by atoms with Crippen LogP contribution in [0, 0.1) is 6.92 Å². The quantitative estimate of drug-likeness (QED) is 0.741. The molecule has 0 aliphatic heterocycles. The summed E-state index contributed by atoms with van der Waals surface area (Å²) in [6.45, 7) is 2.27. The molecule has 0 aliphatic carbocycles. The van der Waals surface area contributed by atoms with Crippen LogP contribution in [-0.2, 0) is 6.54 Å². The van der Waals surface area contributed by atoms with Gasteiger partial charge in [-0.1, -0.05) is 18.2 Å². The van der Waals surface area contributed by atoms with Crippen LogP contribution in [-0.4, -0.2) is 9.97 Å². The van der Waals surface area contributed by atoms with E-state index in [0.29, 0.717) is 6.54 Å². The summed E-state index contributed by atoms with van der Waals surface area (Å²) in [7, 11) is 0. The second-order valence-electron chi connectivity index (χ2n) is 3.71. The molecule has 0 saturated carbocycles. The molecule has 5 heteroatoms. The van der Waals surface area contributed by atoms with Crippen LogP contribution in [0.3, 0.4) is 0 Å². The number of rotatable bonds is 3. The SMILES string of the molecule is Cc1[nH]c(=O)ncc1Nc1ccccc1CN. The Hall–Kier alpha value is -2.14. The summed E-state index contributed by atoms with van der Waals surface area (Å²) in [5.74, 6) is 0. The number of hydrogen-bond donors (Lipinski definition) is 3. The van der Waals surface area contributed by atoms with Crippen molar-refractivity contribution in [3.63, 3.8) is 0 Å². The molecule has 0 spiro atoms. The predicted octanol–water partition coefficient (Wildman–Crippen LogP) is 1.28. The molecular weight excluding hydrogens is 216 g/mol. The molecule has 0 amide bonds. The average molecular weight is 230 g/mol. The maximum atomic E-state index is 11.0. The zero-order chi connectivity index (χ0) is 12.3. The van der Waals surface area contributed by atoms with E-state index in [1.54, 1.807) is 0 Å². The van der Waals surface area contributed by atoms with Gasteiger partial charge in [-0.15, -0.1) is 0 Å². The van der Waals surface area contributed by atoms with Crippen LogP contribution in [0.15, 0.2) is 35.3 Å². The molecule has 4 N–H and O–H groups in total. The molecule has 0 fully saturated rings. The maximum absolute atomic E-state index is 11.0. The van der Waals surface area contributed by atoms with Crippen molar-refractivity contribution in [3.05, 3.63) is 52.2 Å². The van der Waals surface area contributed by atoms with Crippen molar-refractivity contribution in [2.24, 2.45) is 5.73 Å². The Morgan fingerprint density at radius 2 is 2.12 bits per heavy atom. The molecule has 0 bridgehead atoms. The standard InChI is InChI=1S/C12H14N4O/c1-8-11(7-14-12(17)15-8)16-10-5-3-2-4-9(10)6-13/h2-5,7,16H,6,13H2,1H3,(H,14,15,17). The van der Waals surface area contributed by atoms with Crippen molar-refractivity contribution in [1.29, 1.82) is 0 Å². The zero-order valence-corrected chi connectivity index (χ0v) is 9.53. The van der Waals surface area contributed by atoms with Crippen LogP contribution in [0.5, 0.6) is 0 Å². The number of para-hydroxylation sites is 1. The molecule has 2 rings (SSSR count). The third-order valence-corrected chi connectivity index (χ3v) is 2.52. The third kappa shape index (κ3) is 2.51. The van der Waals surface area contributed by atoms with E-state index in [-0.39, 0.29) is 5.69 Å². The highest BCUT2D eigenvalue weighted by Gasteiger charge is 2.03. The zero-order valence-electron chi connectivity index (χ0n) is 9.53. The minimum absolute atomic E-state index is 0.347. The lowest BCUT2D eigenvalue weighted by atomic mass is 10.1. The topological polar surface area (TPSA) is 83.8 Å². The molecule has 2 aromatic rings. The van der Waals surface area contributed by atoms with E-state index in [1.807, 2.05) is 31.2 Å². The first kappa shape index (κ1) is 11.3. The lowest BCUT2D eigenvalue weighted by molar-refractivity contribution is 1.03. The van der Waals surface area contributed by atoms with E-state index >= 15 is 0 Å². The number of nitrogens with one attached hydrogen (secondary N) is 2. The van der Waals surface area contributed by atoms with Gasteiger partial charge in [0.15, 0.2) is 0 Å². The minimum Gasteiger partial charge on any atom is -0.353 e. The molecule has 88 valence electrons. The second-order valence-corrected chi connectivity index (χ2v) is 3.71. The monoisotopic (exact) mass is 230 g/mol. The highest BCUT2D eigenvalue weighted by Crippen LogP contribution is 2.20.